The van der Waals surface area contributed by atoms with E-state index < -0.39 is 0 Å². The summed E-state index contributed by atoms with van der Waals surface area (Å²) in [6.07, 6.45) is 15.4. The Morgan fingerprint density at radius 2 is 1.58 bits per heavy atom. The largest absolute Gasteiger partial charge is 0.0741 e. The SMILES string of the molecule is CCc1ccc(-c2ccc(C)c3c2=CC(=CC2CCCCC2)C=3)cc1.[Zr]. The molecule has 0 N–H and O–H groups in total. The molecule has 0 aliphatic heterocycles. The first-order chi connectivity index (χ1) is 12.2. The van der Waals surface area contributed by atoms with Crippen LogP contribution in [0.5, 0.6) is 0 Å². The number of aryl methyl sites for hydroxylation is 2. The summed E-state index contributed by atoms with van der Waals surface area (Å²) in [6.45, 7) is 4.44. The maximum absolute atomic E-state index is 2.53. The van der Waals surface area contributed by atoms with Crippen molar-refractivity contribution in [3.63, 3.8) is 0 Å². The van der Waals surface area contributed by atoms with Crippen LogP contribution in [0.3, 0.4) is 0 Å². The van der Waals surface area contributed by atoms with E-state index in [0.29, 0.717) is 0 Å². The van der Waals surface area contributed by atoms with Crippen LogP contribution in [-0.2, 0) is 32.6 Å². The van der Waals surface area contributed by atoms with Gasteiger partial charge in [-0.25, -0.2) is 0 Å². The molecular weight excluding hydrogens is 391 g/mol. The molecular formula is C25H28Zr. The summed E-state index contributed by atoms with van der Waals surface area (Å²) in [5.74, 6) is 0.776. The van der Waals surface area contributed by atoms with E-state index in [0.717, 1.165) is 12.3 Å². The predicted molar refractivity (Wildman–Crippen MR) is 109 cm³/mol. The van der Waals surface area contributed by atoms with Crippen molar-refractivity contribution < 1.29 is 26.2 Å². The summed E-state index contributed by atoms with van der Waals surface area (Å²) in [5.41, 5.74) is 6.90. The minimum absolute atomic E-state index is 0. The van der Waals surface area contributed by atoms with E-state index in [-0.39, 0.29) is 26.2 Å². The van der Waals surface area contributed by atoms with Crippen molar-refractivity contribution in [2.75, 3.05) is 0 Å². The molecule has 0 spiro atoms. The van der Waals surface area contributed by atoms with Crippen LogP contribution in [0.15, 0.2) is 48.0 Å². The smallest absolute Gasteiger partial charge is 0 e. The van der Waals surface area contributed by atoms with Gasteiger partial charge in [-0.3, -0.25) is 0 Å². The van der Waals surface area contributed by atoms with Crippen molar-refractivity contribution in [3.05, 3.63) is 69.6 Å². The first-order valence-corrected chi connectivity index (χ1v) is 9.89. The van der Waals surface area contributed by atoms with Crippen molar-refractivity contribution in [1.29, 1.82) is 0 Å². The average molecular weight is 420 g/mol. The molecule has 2 aromatic carbocycles. The molecule has 132 valence electrons. The minimum Gasteiger partial charge on any atom is -0.0741 e. The molecule has 0 atom stereocenters. The molecule has 0 nitrogen and oxygen atoms in total. The van der Waals surface area contributed by atoms with E-state index in [1.165, 1.54) is 70.4 Å². The first kappa shape index (κ1) is 19.6. The van der Waals surface area contributed by atoms with Crippen LogP contribution in [-0.4, -0.2) is 0 Å². The van der Waals surface area contributed by atoms with Gasteiger partial charge in [0.25, 0.3) is 0 Å². The number of hydrogen-bond acceptors (Lipinski definition) is 0. The molecule has 0 saturated heterocycles. The monoisotopic (exact) mass is 418 g/mol. The number of hydrogen-bond donors (Lipinski definition) is 0. The van der Waals surface area contributed by atoms with Gasteiger partial charge in [-0.2, -0.15) is 0 Å². The van der Waals surface area contributed by atoms with Crippen LogP contribution in [0.25, 0.3) is 23.3 Å². The maximum atomic E-state index is 2.53. The molecule has 0 radical (unpaired) electrons. The molecule has 0 aromatic heterocycles. The molecule has 1 heteroatoms. The molecule has 2 aromatic rings. The van der Waals surface area contributed by atoms with Gasteiger partial charge in [0.05, 0.1) is 0 Å². The Bertz CT molecular complexity index is 910. The third-order valence-corrected chi connectivity index (χ3v) is 5.88. The Kier molecular flexibility index (Phi) is 6.52. The number of benzene rings is 2. The normalized spacial score (nSPS) is 18.0. The van der Waals surface area contributed by atoms with Gasteiger partial charge < -0.3 is 0 Å². The van der Waals surface area contributed by atoms with E-state index in [2.05, 4.69) is 68.5 Å². The molecule has 1 saturated carbocycles. The summed E-state index contributed by atoms with van der Waals surface area (Å²) in [5, 5.41) is 2.82. The fourth-order valence-electron chi connectivity index (χ4n) is 4.31. The first-order valence-electron chi connectivity index (χ1n) is 9.89. The van der Waals surface area contributed by atoms with Gasteiger partial charge >= 0.3 is 0 Å². The van der Waals surface area contributed by atoms with Gasteiger partial charge in [-0.15, -0.1) is 0 Å². The van der Waals surface area contributed by atoms with E-state index in [9.17, 15) is 0 Å². The predicted octanol–water partition coefficient (Wildman–Crippen LogP) is 5.30. The summed E-state index contributed by atoms with van der Waals surface area (Å²) in [4.78, 5) is 0. The summed E-state index contributed by atoms with van der Waals surface area (Å²) in [6, 6.07) is 13.7. The summed E-state index contributed by atoms with van der Waals surface area (Å²) >= 11 is 0. The van der Waals surface area contributed by atoms with Crippen LogP contribution in [0, 0.1) is 12.8 Å². The van der Waals surface area contributed by atoms with E-state index in [1.807, 2.05) is 0 Å². The fourth-order valence-corrected chi connectivity index (χ4v) is 4.31. The van der Waals surface area contributed by atoms with Crippen LogP contribution < -0.4 is 10.4 Å². The average Bonchev–Trinajstić information content (AvgIpc) is 3.07. The molecule has 0 bridgehead atoms. The third-order valence-electron chi connectivity index (χ3n) is 5.88. The zero-order valence-electron chi connectivity index (χ0n) is 16.0. The van der Waals surface area contributed by atoms with Crippen LogP contribution >= 0.6 is 0 Å². The van der Waals surface area contributed by atoms with Crippen molar-refractivity contribution in [3.8, 4) is 11.1 Å². The molecule has 0 unspecified atom stereocenters. The minimum atomic E-state index is 0. The van der Waals surface area contributed by atoms with E-state index >= 15 is 0 Å². The second-order valence-electron chi connectivity index (χ2n) is 7.66. The molecule has 2 aliphatic rings. The van der Waals surface area contributed by atoms with Crippen LogP contribution in [0.1, 0.15) is 50.2 Å². The quantitative estimate of drug-likeness (QED) is 0.633. The molecule has 0 amide bonds. The van der Waals surface area contributed by atoms with Gasteiger partial charge in [0.1, 0.15) is 0 Å². The molecule has 2 aliphatic carbocycles. The maximum Gasteiger partial charge on any atom is 0 e. The topological polar surface area (TPSA) is 0 Å². The Balaban J connectivity index is 0.00000196. The summed E-state index contributed by atoms with van der Waals surface area (Å²) in [7, 11) is 0. The van der Waals surface area contributed by atoms with Crippen molar-refractivity contribution in [1.82, 2.24) is 0 Å². The van der Waals surface area contributed by atoms with Crippen LogP contribution in [0.2, 0.25) is 0 Å². The van der Waals surface area contributed by atoms with Gasteiger partial charge in [-0.05, 0) is 82.5 Å². The van der Waals surface area contributed by atoms with Crippen molar-refractivity contribution >= 4 is 12.2 Å². The number of fused-ring (bicyclic) bond motifs is 1. The second-order valence-corrected chi connectivity index (χ2v) is 7.66. The van der Waals surface area contributed by atoms with Gasteiger partial charge in [0.15, 0.2) is 0 Å². The third kappa shape index (κ3) is 4.04. The number of rotatable bonds is 3. The molecule has 1 fully saturated rings. The number of allylic oxidation sites excluding steroid dienone is 2. The second kappa shape index (κ2) is 8.66. The molecule has 26 heavy (non-hydrogen) atoms. The molecule has 4 rings (SSSR count). The van der Waals surface area contributed by atoms with Crippen LogP contribution in [0.4, 0.5) is 0 Å². The Hall–Kier alpha value is -1.20. The van der Waals surface area contributed by atoms with Crippen molar-refractivity contribution in [2.24, 2.45) is 5.92 Å². The molecule has 0 heterocycles. The summed E-state index contributed by atoms with van der Waals surface area (Å²) < 4.78 is 0. The standard InChI is InChI=1S/C25H28.Zr/c1-3-19-10-12-22(13-11-19)23-14-9-18(2)24-16-21(17-25(23)24)15-20-7-5-4-6-8-20;/h9-17,20H,3-8H2,1-2H3;. The van der Waals surface area contributed by atoms with Gasteiger partial charge in [0.2, 0.25) is 0 Å². The zero-order valence-corrected chi connectivity index (χ0v) is 18.5. The Morgan fingerprint density at radius 3 is 2.27 bits per heavy atom. The van der Waals surface area contributed by atoms with Crippen molar-refractivity contribution in [2.45, 2.75) is 52.4 Å². The fraction of sp³-hybridized carbons (Fsp3) is 0.360. The zero-order chi connectivity index (χ0) is 17.2. The van der Waals surface area contributed by atoms with E-state index in [1.54, 1.807) is 0 Å². The van der Waals surface area contributed by atoms with Gasteiger partial charge in [0, 0.05) is 26.2 Å². The van der Waals surface area contributed by atoms with E-state index in [4.69, 9.17) is 0 Å². The Morgan fingerprint density at radius 1 is 0.885 bits per heavy atom. The Labute approximate surface area is 176 Å². The van der Waals surface area contributed by atoms with Gasteiger partial charge in [-0.1, -0.05) is 68.7 Å².